The predicted molar refractivity (Wildman–Crippen MR) is 66.2 cm³/mol. The summed E-state index contributed by atoms with van der Waals surface area (Å²) in [6.45, 7) is 0. The van der Waals surface area contributed by atoms with Crippen molar-refractivity contribution in [3.63, 3.8) is 0 Å². The number of hydrogen-bond donors (Lipinski definition) is 2. The van der Waals surface area contributed by atoms with Crippen molar-refractivity contribution in [2.24, 2.45) is 0 Å². The lowest BCUT2D eigenvalue weighted by molar-refractivity contribution is -0.135. The van der Waals surface area contributed by atoms with E-state index >= 15 is 0 Å². The maximum absolute atomic E-state index is 11.6. The van der Waals surface area contributed by atoms with E-state index < -0.39 is 17.5 Å². The van der Waals surface area contributed by atoms with Crippen molar-refractivity contribution in [1.82, 2.24) is 9.55 Å². The Hall–Kier alpha value is -2.89. The van der Waals surface area contributed by atoms with Gasteiger partial charge in [-0.05, 0) is 24.3 Å². The van der Waals surface area contributed by atoms with Gasteiger partial charge in [-0.15, -0.1) is 0 Å². The minimum absolute atomic E-state index is 0.289. The van der Waals surface area contributed by atoms with Crippen LogP contribution in [0.4, 0.5) is 0 Å². The number of aliphatic carboxylic acids is 1. The molecule has 0 unspecified atom stereocenters. The Morgan fingerprint density at radius 1 is 1.16 bits per heavy atom. The standard InChI is InChI=1S/C13H10N2O4/c16-11(7-12(17)13(18)19)9-1-3-10(4-2-9)15-6-5-14-8-15/h1-8,17H,(H,18,19). The Kier molecular flexibility index (Phi) is 3.42. The molecule has 0 aliphatic rings. The number of rotatable bonds is 4. The summed E-state index contributed by atoms with van der Waals surface area (Å²) in [5, 5.41) is 17.5. The second kappa shape index (κ2) is 5.18. The van der Waals surface area contributed by atoms with Crippen LogP contribution in [0, 0.1) is 0 Å². The Bertz CT molecular complexity index is 627. The summed E-state index contributed by atoms with van der Waals surface area (Å²) in [4.78, 5) is 25.9. The van der Waals surface area contributed by atoms with Gasteiger partial charge in [-0.2, -0.15) is 0 Å². The minimum Gasteiger partial charge on any atom is -0.502 e. The molecule has 0 aliphatic carbocycles. The zero-order valence-corrected chi connectivity index (χ0v) is 9.72. The number of allylic oxidation sites excluding steroid dienone is 1. The number of carboxylic acid groups (broad SMARTS) is 1. The molecule has 1 heterocycles. The van der Waals surface area contributed by atoms with Crippen molar-refractivity contribution in [3.05, 3.63) is 60.4 Å². The molecule has 0 radical (unpaired) electrons. The predicted octanol–water partition coefficient (Wildman–Crippen LogP) is 1.58. The number of aliphatic hydroxyl groups excluding tert-OH is 1. The molecule has 0 amide bonds. The van der Waals surface area contributed by atoms with Gasteiger partial charge >= 0.3 is 5.97 Å². The average molecular weight is 258 g/mol. The fourth-order valence-electron chi connectivity index (χ4n) is 1.48. The summed E-state index contributed by atoms with van der Waals surface area (Å²) in [5.41, 5.74) is 1.11. The molecule has 0 fully saturated rings. The molecule has 2 rings (SSSR count). The van der Waals surface area contributed by atoms with Crippen LogP contribution < -0.4 is 0 Å². The number of nitrogens with zero attached hydrogens (tertiary/aromatic N) is 2. The number of ketones is 1. The number of carbonyl (C=O) groups excluding carboxylic acids is 1. The molecule has 96 valence electrons. The second-order valence-electron chi connectivity index (χ2n) is 3.72. The third kappa shape index (κ3) is 2.86. The highest BCUT2D eigenvalue weighted by Crippen LogP contribution is 2.10. The molecule has 1 aromatic carbocycles. The minimum atomic E-state index is -1.54. The van der Waals surface area contributed by atoms with E-state index in [1.54, 1.807) is 47.6 Å². The van der Waals surface area contributed by atoms with Gasteiger partial charge < -0.3 is 14.8 Å². The summed E-state index contributed by atoms with van der Waals surface area (Å²) < 4.78 is 1.76. The smallest absolute Gasteiger partial charge is 0.371 e. The molecule has 1 aromatic heterocycles. The molecule has 19 heavy (non-hydrogen) atoms. The molecule has 6 nitrogen and oxygen atoms in total. The van der Waals surface area contributed by atoms with Crippen LogP contribution in [0.5, 0.6) is 0 Å². The van der Waals surface area contributed by atoms with Crippen LogP contribution in [0.25, 0.3) is 5.69 Å². The van der Waals surface area contributed by atoms with Crippen molar-refractivity contribution >= 4 is 11.8 Å². The molecule has 0 saturated carbocycles. The lowest BCUT2D eigenvalue weighted by Gasteiger charge is -2.02. The molecule has 6 heteroatoms. The maximum Gasteiger partial charge on any atom is 0.371 e. The van der Waals surface area contributed by atoms with Gasteiger partial charge in [-0.25, -0.2) is 9.78 Å². The Labute approximate surface area is 108 Å². The largest absolute Gasteiger partial charge is 0.502 e. The normalized spacial score (nSPS) is 11.3. The van der Waals surface area contributed by atoms with Gasteiger partial charge in [0.25, 0.3) is 0 Å². The van der Waals surface area contributed by atoms with Gasteiger partial charge in [-0.1, -0.05) is 0 Å². The Morgan fingerprint density at radius 3 is 2.37 bits per heavy atom. The van der Waals surface area contributed by atoms with Crippen LogP contribution in [-0.4, -0.2) is 31.5 Å². The third-order valence-corrected chi connectivity index (χ3v) is 2.44. The number of aliphatic hydroxyl groups is 1. The third-order valence-electron chi connectivity index (χ3n) is 2.44. The Balaban J connectivity index is 2.22. The SMILES string of the molecule is O=C(O)C(O)=CC(=O)c1ccc(-n2ccnc2)cc1. The van der Waals surface area contributed by atoms with Crippen LogP contribution in [-0.2, 0) is 4.79 Å². The van der Waals surface area contributed by atoms with E-state index in [0.29, 0.717) is 6.08 Å². The first-order valence-corrected chi connectivity index (χ1v) is 5.34. The Morgan fingerprint density at radius 2 is 1.84 bits per heavy atom. The molecule has 0 bridgehead atoms. The molecule has 0 saturated heterocycles. The number of hydrogen-bond acceptors (Lipinski definition) is 4. The van der Waals surface area contributed by atoms with E-state index in [2.05, 4.69) is 4.98 Å². The monoisotopic (exact) mass is 258 g/mol. The van der Waals surface area contributed by atoms with Gasteiger partial charge in [-0.3, -0.25) is 4.79 Å². The molecular formula is C13H10N2O4. The van der Waals surface area contributed by atoms with Crippen LogP contribution in [0.1, 0.15) is 10.4 Å². The summed E-state index contributed by atoms with van der Waals surface area (Å²) in [6, 6.07) is 6.48. The number of carboxylic acids is 1. The van der Waals surface area contributed by atoms with Gasteiger partial charge in [0.1, 0.15) is 0 Å². The molecule has 0 atom stereocenters. The maximum atomic E-state index is 11.6. The van der Waals surface area contributed by atoms with E-state index in [1.807, 2.05) is 0 Å². The van der Waals surface area contributed by atoms with Crippen LogP contribution in [0.3, 0.4) is 0 Å². The lowest BCUT2D eigenvalue weighted by atomic mass is 10.1. The van der Waals surface area contributed by atoms with Crippen molar-refractivity contribution in [2.45, 2.75) is 0 Å². The number of benzene rings is 1. The lowest BCUT2D eigenvalue weighted by Crippen LogP contribution is -2.04. The number of aromatic nitrogens is 2. The number of imidazole rings is 1. The van der Waals surface area contributed by atoms with Crippen LogP contribution in [0.2, 0.25) is 0 Å². The van der Waals surface area contributed by atoms with E-state index in [0.717, 1.165) is 5.69 Å². The first kappa shape index (κ1) is 12.6. The molecule has 0 aliphatic heterocycles. The molecule has 0 spiro atoms. The fraction of sp³-hybridized carbons (Fsp3) is 0. The highest BCUT2D eigenvalue weighted by Gasteiger charge is 2.09. The topological polar surface area (TPSA) is 92.4 Å². The van der Waals surface area contributed by atoms with Crippen molar-refractivity contribution in [3.8, 4) is 5.69 Å². The first-order chi connectivity index (χ1) is 9.08. The highest BCUT2D eigenvalue weighted by molar-refractivity contribution is 6.07. The van der Waals surface area contributed by atoms with E-state index in [9.17, 15) is 9.59 Å². The summed E-state index contributed by atoms with van der Waals surface area (Å²) in [6.07, 6.45) is 5.68. The van der Waals surface area contributed by atoms with Crippen LogP contribution >= 0.6 is 0 Å². The van der Waals surface area contributed by atoms with E-state index in [4.69, 9.17) is 10.2 Å². The second-order valence-corrected chi connectivity index (χ2v) is 3.72. The van der Waals surface area contributed by atoms with Crippen LogP contribution in [0.15, 0.2) is 54.8 Å². The van der Waals surface area contributed by atoms with Gasteiger partial charge in [0.15, 0.2) is 5.78 Å². The summed E-state index contributed by atoms with van der Waals surface area (Å²) in [5.74, 6) is -3.09. The quantitative estimate of drug-likeness (QED) is 0.493. The first-order valence-electron chi connectivity index (χ1n) is 5.34. The highest BCUT2D eigenvalue weighted by atomic mass is 16.4. The van der Waals surface area contributed by atoms with E-state index in [-0.39, 0.29) is 5.56 Å². The van der Waals surface area contributed by atoms with Gasteiger partial charge in [0, 0.05) is 29.7 Å². The molecule has 2 aromatic rings. The molecule has 2 N–H and O–H groups in total. The summed E-state index contributed by atoms with van der Waals surface area (Å²) in [7, 11) is 0. The molecular weight excluding hydrogens is 248 g/mol. The van der Waals surface area contributed by atoms with Gasteiger partial charge in [0.2, 0.25) is 5.76 Å². The fourth-order valence-corrected chi connectivity index (χ4v) is 1.48. The zero-order valence-electron chi connectivity index (χ0n) is 9.72. The summed E-state index contributed by atoms with van der Waals surface area (Å²) >= 11 is 0. The van der Waals surface area contributed by atoms with Crippen molar-refractivity contribution in [2.75, 3.05) is 0 Å². The number of carbonyl (C=O) groups is 2. The van der Waals surface area contributed by atoms with Gasteiger partial charge in [0.05, 0.1) is 6.33 Å². The average Bonchev–Trinajstić information content (AvgIpc) is 2.92. The van der Waals surface area contributed by atoms with Crippen molar-refractivity contribution in [1.29, 1.82) is 0 Å². The van der Waals surface area contributed by atoms with E-state index in [1.165, 1.54) is 0 Å². The van der Waals surface area contributed by atoms with Crippen molar-refractivity contribution < 1.29 is 19.8 Å². The zero-order chi connectivity index (χ0) is 13.8.